The lowest BCUT2D eigenvalue weighted by Crippen LogP contribution is -2.62. The molecular weight excluding hydrogens is 1540 g/mol. The van der Waals surface area contributed by atoms with Crippen molar-refractivity contribution in [1.82, 2.24) is 68.7 Å². The van der Waals surface area contributed by atoms with Crippen molar-refractivity contribution in [3.63, 3.8) is 0 Å². The fourth-order valence-electron chi connectivity index (χ4n) is 12.7. The molecule has 1 heterocycles. The Balaban J connectivity index is 1.53. The van der Waals surface area contributed by atoms with Gasteiger partial charge in [-0.05, 0) is 115 Å². The Kier molecular flexibility index (Phi) is 42.2. The number of nitrogens with one attached hydrogen (secondary N) is 12. The summed E-state index contributed by atoms with van der Waals surface area (Å²) in [6.45, 7) is 15.5. The lowest BCUT2D eigenvalue weighted by Gasteiger charge is -2.30. The molecule has 34 nitrogen and oxygen atoms in total. The number of likely N-dealkylation sites (tertiary alicyclic amines) is 1. The number of thioether (sulfide) groups is 1. The molecule has 1 saturated heterocycles. The number of carbonyl (C=O) groups excluding carboxylic acids is 14. The first-order valence-corrected chi connectivity index (χ1v) is 41.5. The highest BCUT2D eigenvalue weighted by Gasteiger charge is 2.42. The molecule has 36 heteroatoms. The number of aliphatic hydroxyl groups is 1. The quantitative estimate of drug-likeness (QED) is 0.0335. The van der Waals surface area contributed by atoms with Crippen molar-refractivity contribution in [1.29, 1.82) is 0 Å². The molecule has 0 spiro atoms. The molecule has 4 rings (SSSR count). The number of aliphatic hydroxyl groups excluding tert-OH is 1. The third kappa shape index (κ3) is 31.9. The molecular formula is C80H121N15O19S2. The normalized spacial score (nSPS) is 16.7. The number of hydrogen-bond acceptors (Lipinski definition) is 21. The first-order valence-electron chi connectivity index (χ1n) is 39.4. The molecule has 0 radical (unpaired) electrons. The van der Waals surface area contributed by atoms with Crippen molar-refractivity contribution in [3.05, 3.63) is 95.6 Å². The van der Waals surface area contributed by atoms with Crippen LogP contribution in [0.4, 0.5) is 0 Å². The molecule has 14 amide bonds. The van der Waals surface area contributed by atoms with E-state index in [0.717, 1.165) is 0 Å². The number of aromatic hydroxyl groups is 2. The lowest BCUT2D eigenvalue weighted by atomic mass is 9.94. The van der Waals surface area contributed by atoms with Crippen LogP contribution in [0.5, 0.6) is 11.5 Å². The van der Waals surface area contributed by atoms with Crippen LogP contribution in [0, 0.1) is 29.6 Å². The minimum absolute atomic E-state index is 0.0170. The number of carboxylic acids is 1. The van der Waals surface area contributed by atoms with Crippen LogP contribution in [0.3, 0.4) is 0 Å². The van der Waals surface area contributed by atoms with Gasteiger partial charge in [0.15, 0.2) is 0 Å². The fraction of sp³-hybridized carbons (Fsp3) is 0.588. The summed E-state index contributed by atoms with van der Waals surface area (Å²) in [6, 6.07) is 2.22. The number of nitrogens with two attached hydrogens (primary N) is 2. The van der Waals surface area contributed by atoms with Gasteiger partial charge in [0.1, 0.15) is 84.0 Å². The zero-order chi connectivity index (χ0) is 86.6. The lowest BCUT2D eigenvalue weighted by molar-refractivity contribution is -0.149. The van der Waals surface area contributed by atoms with Crippen LogP contribution < -0.4 is 75.3 Å². The first-order chi connectivity index (χ1) is 54.9. The summed E-state index contributed by atoms with van der Waals surface area (Å²) >= 11 is 5.78. The van der Waals surface area contributed by atoms with Crippen LogP contribution in [-0.2, 0) is 91.2 Å². The molecule has 17 atom stereocenters. The first kappa shape index (κ1) is 98.3. The van der Waals surface area contributed by atoms with Gasteiger partial charge in [0.05, 0.1) is 19.2 Å². The van der Waals surface area contributed by atoms with Crippen molar-refractivity contribution in [2.45, 2.75) is 231 Å². The van der Waals surface area contributed by atoms with E-state index in [9.17, 15) is 92.3 Å². The number of thiol groups is 1. The van der Waals surface area contributed by atoms with E-state index >= 15 is 0 Å². The molecule has 0 aliphatic carbocycles. The predicted octanol–water partition coefficient (Wildman–Crippen LogP) is 0.149. The number of carbonyl (C=O) groups is 15. The number of hydrogen-bond donors (Lipinski definition) is 19. The Hall–Kier alpha value is -10.1. The highest BCUT2D eigenvalue weighted by molar-refractivity contribution is 7.98. The van der Waals surface area contributed by atoms with E-state index in [2.05, 4.69) is 76.4 Å². The van der Waals surface area contributed by atoms with E-state index in [-0.39, 0.29) is 74.7 Å². The molecule has 116 heavy (non-hydrogen) atoms. The Morgan fingerprint density at radius 3 is 1.34 bits per heavy atom. The minimum Gasteiger partial charge on any atom is -0.508 e. The molecule has 20 N–H and O–H groups in total. The Bertz CT molecular complexity index is 3790. The van der Waals surface area contributed by atoms with Crippen molar-refractivity contribution >= 4 is 113 Å². The van der Waals surface area contributed by atoms with E-state index in [1.807, 2.05) is 6.26 Å². The van der Waals surface area contributed by atoms with Gasteiger partial charge in [0.25, 0.3) is 0 Å². The SMILES string of the molecule is CC[C@H](C)[C@H](NC(=O)CNC(=O)[C@H](Cc1ccc(O)cc1)NC(=O)[C@@H](NC(=O)[C@H](CCC(N)=O)NC(=O)[C@H](Cc1ccc(O)cc1)NC(=O)[C@@H](NC(=O)[C@@H](N)CCSC)[C@@H](C)CC)[C@@H](C)CC)C(=O)N[C@H](C(=O)N[C@@H](CS)C(=O)N[C@@H](CO)C(=O)N[C@@H](CC(C)C)C(=O)N[C@@H](Cc1ccccc1)C(=O)N1CCC[C@H]1C(=O)O)[C@@H](C)CC. The third-order valence-electron chi connectivity index (χ3n) is 20.6. The summed E-state index contributed by atoms with van der Waals surface area (Å²) in [6.07, 6.45) is 2.73. The maximum atomic E-state index is 14.7. The molecule has 0 bridgehead atoms. The van der Waals surface area contributed by atoms with E-state index in [1.165, 1.54) is 65.2 Å². The van der Waals surface area contributed by atoms with Gasteiger partial charge in [-0.1, -0.05) is 150 Å². The van der Waals surface area contributed by atoms with Gasteiger partial charge in [-0.15, -0.1) is 0 Å². The fourth-order valence-corrected chi connectivity index (χ4v) is 13.4. The molecule has 1 aliphatic rings. The molecule has 0 aromatic heterocycles. The third-order valence-corrected chi connectivity index (χ3v) is 21.6. The second-order valence-corrected chi connectivity index (χ2v) is 31.4. The summed E-state index contributed by atoms with van der Waals surface area (Å²) < 4.78 is 0. The van der Waals surface area contributed by atoms with Crippen molar-refractivity contribution in [3.8, 4) is 11.5 Å². The summed E-state index contributed by atoms with van der Waals surface area (Å²) in [5.41, 5.74) is 13.3. The largest absolute Gasteiger partial charge is 0.508 e. The van der Waals surface area contributed by atoms with Crippen LogP contribution in [-0.4, -0.2) is 230 Å². The van der Waals surface area contributed by atoms with Crippen LogP contribution in [0.25, 0.3) is 0 Å². The predicted molar refractivity (Wildman–Crippen MR) is 438 cm³/mol. The van der Waals surface area contributed by atoms with Gasteiger partial charge in [-0.25, -0.2) is 4.79 Å². The van der Waals surface area contributed by atoms with E-state index in [4.69, 9.17) is 11.5 Å². The highest BCUT2D eigenvalue weighted by Crippen LogP contribution is 2.23. The average Bonchev–Trinajstić information content (AvgIpc) is 1.62. The van der Waals surface area contributed by atoms with Crippen molar-refractivity contribution in [2.75, 3.05) is 37.5 Å². The van der Waals surface area contributed by atoms with Crippen LogP contribution in [0.15, 0.2) is 78.9 Å². The van der Waals surface area contributed by atoms with Crippen LogP contribution in [0.1, 0.15) is 150 Å². The maximum Gasteiger partial charge on any atom is 0.326 e. The number of amides is 14. The number of nitrogens with zero attached hydrogens (tertiary/aromatic N) is 1. The smallest absolute Gasteiger partial charge is 0.326 e. The molecule has 3 aromatic carbocycles. The van der Waals surface area contributed by atoms with Gasteiger partial charge in [0, 0.05) is 38.0 Å². The Labute approximate surface area is 687 Å². The van der Waals surface area contributed by atoms with Crippen molar-refractivity contribution in [2.24, 2.45) is 41.1 Å². The van der Waals surface area contributed by atoms with E-state index in [0.29, 0.717) is 48.1 Å². The maximum absolute atomic E-state index is 14.7. The second kappa shape index (κ2) is 49.8. The minimum atomic E-state index is -1.72. The van der Waals surface area contributed by atoms with Gasteiger partial charge in [-0.3, -0.25) is 67.1 Å². The van der Waals surface area contributed by atoms with Crippen LogP contribution >= 0.6 is 24.4 Å². The number of primary amides is 1. The molecule has 1 aliphatic heterocycles. The number of aliphatic carboxylic acids is 1. The summed E-state index contributed by atoms with van der Waals surface area (Å²) in [4.78, 5) is 211. The summed E-state index contributed by atoms with van der Waals surface area (Å²) in [5.74, 6) is -15.9. The van der Waals surface area contributed by atoms with Gasteiger partial charge >= 0.3 is 5.97 Å². The number of phenols is 2. The van der Waals surface area contributed by atoms with E-state index in [1.54, 1.807) is 99.6 Å². The average molecular weight is 1660 g/mol. The van der Waals surface area contributed by atoms with Gasteiger partial charge < -0.3 is 101 Å². The van der Waals surface area contributed by atoms with Crippen molar-refractivity contribution < 1.29 is 92.3 Å². The molecule has 1 fully saturated rings. The van der Waals surface area contributed by atoms with Gasteiger partial charge in [-0.2, -0.15) is 24.4 Å². The standard InChI is InChI=1S/C80H121N15O19S2/c1-12-44(7)64(78(111)94-67(47(10)15-4)77(110)90-60(42-115)74(107)89-59(41-96)73(106)85-55(36-43(5)6)71(104)88-58(39-48-20-17-16-18-21-48)79(112)95-34-19-22-61(95)80(113)114)91-63(100)40-83-69(102)56(37-49-23-27-51(97)28-24-49)86-76(109)66(46(9)14-3)93-70(103)54(31-32-62(82)99)84-72(105)57(38-50-25-29-52(98)30-26-50)87-75(108)65(45(8)13-2)92-68(101)53(81)33-35-116-11/h16-18,20-21,23-30,43-47,53-61,64-67,96-98,115H,12-15,19,22,31-42,81H2,1-11H3,(H2,82,99)(H,83,102)(H,84,105)(H,85,106)(H,86,109)(H,87,108)(H,88,104)(H,89,107)(H,90,110)(H,91,100)(H,92,101)(H,93,103)(H,94,111)(H,113,114)/t44-,45-,46-,47-,53-,54-,55-,56-,57-,58-,59-,60-,61-,64-,65-,66-,67-/m0/s1. The molecule has 0 saturated carbocycles. The summed E-state index contributed by atoms with van der Waals surface area (Å²) in [5, 5.41) is 72.1. The molecule has 3 aromatic rings. The van der Waals surface area contributed by atoms with Gasteiger partial charge in [0.2, 0.25) is 82.7 Å². The van der Waals surface area contributed by atoms with Crippen LogP contribution in [0.2, 0.25) is 0 Å². The molecule has 0 unspecified atom stereocenters. The molecule has 642 valence electrons. The zero-order valence-corrected chi connectivity index (χ0v) is 69.7. The number of rotatable bonds is 50. The number of carboxylic acid groups (broad SMARTS) is 1. The number of benzene rings is 3. The monoisotopic (exact) mass is 1660 g/mol. The topological polar surface area (TPSA) is 537 Å². The highest BCUT2D eigenvalue weighted by atomic mass is 32.2. The second-order valence-electron chi connectivity index (χ2n) is 30.0. The Morgan fingerprint density at radius 2 is 0.871 bits per heavy atom. The zero-order valence-electron chi connectivity index (χ0n) is 68.0. The number of phenolic OH excluding ortho intramolecular Hbond substituents is 2. The summed E-state index contributed by atoms with van der Waals surface area (Å²) in [7, 11) is 0. The van der Waals surface area contributed by atoms with E-state index < -0.39 is 217 Å². The Morgan fingerprint density at radius 1 is 0.483 bits per heavy atom.